The Bertz CT molecular complexity index is 683. The van der Waals surface area contributed by atoms with E-state index >= 15 is 0 Å². The zero-order chi connectivity index (χ0) is 19.9. The third-order valence-corrected chi connectivity index (χ3v) is 6.70. The lowest BCUT2D eigenvalue weighted by Gasteiger charge is -2.56. The monoisotopic (exact) mass is 424 g/mol. The lowest BCUT2D eigenvalue weighted by Crippen LogP contribution is -2.52. The summed E-state index contributed by atoms with van der Waals surface area (Å²) in [6, 6.07) is 0. The maximum absolute atomic E-state index is 14.1. The number of hydrogen-bond donors (Lipinski definition) is 1. The smallest absolute Gasteiger partial charge is 0.205 e. The van der Waals surface area contributed by atoms with Gasteiger partial charge in [0.05, 0.1) is 24.3 Å². The van der Waals surface area contributed by atoms with Crippen LogP contribution in [0.2, 0.25) is 0 Å². The Balaban J connectivity index is 1.38. The van der Waals surface area contributed by atoms with E-state index in [0.29, 0.717) is 17.8 Å². The summed E-state index contributed by atoms with van der Waals surface area (Å²) in [5, 5.41) is 11.2. The van der Waals surface area contributed by atoms with Gasteiger partial charge in [-0.15, -0.1) is 4.33 Å². The average Bonchev–Trinajstić information content (AvgIpc) is 2.65. The molecule has 1 aromatic carbocycles. The van der Waals surface area contributed by atoms with Gasteiger partial charge in [0.15, 0.2) is 17.4 Å². The third kappa shape index (κ3) is 3.72. The van der Waals surface area contributed by atoms with E-state index in [1.54, 1.807) is 0 Å². The van der Waals surface area contributed by atoms with E-state index in [4.69, 9.17) is 14.7 Å². The first kappa shape index (κ1) is 20.2. The van der Waals surface area contributed by atoms with Gasteiger partial charge in [0, 0.05) is 0 Å². The molecule has 10 heteroatoms. The molecule has 0 saturated heterocycles. The van der Waals surface area contributed by atoms with E-state index in [9.17, 15) is 17.6 Å². The molecule has 0 amide bonds. The summed E-state index contributed by atoms with van der Waals surface area (Å²) in [5.41, 5.74) is -0.201. The molecule has 0 atom stereocenters. The molecule has 0 aromatic heterocycles. The maximum atomic E-state index is 14.1. The molecule has 0 unspecified atom stereocenters. The van der Waals surface area contributed by atoms with Crippen LogP contribution in [0, 0.1) is 41.0 Å². The predicted molar refractivity (Wildman–Crippen MR) is 89.3 cm³/mol. The fraction of sp³-hybridized carbons (Fsp3) is 0.667. The molecular formula is C18H20F4O5S. The van der Waals surface area contributed by atoms with Crippen molar-refractivity contribution in [3.63, 3.8) is 0 Å². The van der Waals surface area contributed by atoms with E-state index in [-0.39, 0.29) is 30.9 Å². The fourth-order valence-electron chi connectivity index (χ4n) is 5.45. The summed E-state index contributed by atoms with van der Waals surface area (Å²) in [7, 11) is 0. The van der Waals surface area contributed by atoms with Crippen molar-refractivity contribution in [3.8, 4) is 5.75 Å². The van der Waals surface area contributed by atoms with Crippen molar-refractivity contribution in [2.75, 3.05) is 13.2 Å². The normalized spacial score (nSPS) is 30.8. The van der Waals surface area contributed by atoms with Gasteiger partial charge in [0.25, 0.3) is 0 Å². The highest BCUT2D eigenvalue weighted by molar-refractivity contribution is 7.94. The van der Waals surface area contributed by atoms with Gasteiger partial charge >= 0.3 is 0 Å². The first-order valence-electron chi connectivity index (χ1n) is 9.20. The largest absolute Gasteiger partial charge is 0.485 e. The summed E-state index contributed by atoms with van der Waals surface area (Å²) < 4.78 is 70.8. The first-order valence-corrected chi connectivity index (χ1v) is 9.94. The minimum atomic E-state index is -1.71. The van der Waals surface area contributed by atoms with Crippen molar-refractivity contribution in [1.29, 1.82) is 0 Å². The van der Waals surface area contributed by atoms with E-state index in [1.165, 1.54) is 19.3 Å². The molecule has 4 bridgehead atoms. The standard InChI is InChI=1S/C18H20F4O5S/c19-12-14(21)17(28-27-26-23)15(22)13(20)16(12)24-1-2-25-18-6-9-3-10(7-18)5-11(4-9)8-18/h9-11,23H,1-8H2. The van der Waals surface area contributed by atoms with E-state index in [0.717, 1.165) is 19.3 Å². The van der Waals surface area contributed by atoms with Crippen LogP contribution in [0.25, 0.3) is 0 Å². The fourth-order valence-corrected chi connectivity index (χ4v) is 5.87. The molecule has 4 saturated carbocycles. The molecular weight excluding hydrogens is 404 g/mol. The Morgan fingerprint density at radius 1 is 0.857 bits per heavy atom. The van der Waals surface area contributed by atoms with Gasteiger partial charge in [-0.2, -0.15) is 8.78 Å². The second-order valence-corrected chi connectivity index (χ2v) is 8.65. The van der Waals surface area contributed by atoms with Gasteiger partial charge in [0.2, 0.25) is 11.6 Å². The highest BCUT2D eigenvalue weighted by Gasteiger charge is 2.51. The van der Waals surface area contributed by atoms with Crippen molar-refractivity contribution < 1.29 is 41.7 Å². The molecule has 28 heavy (non-hydrogen) atoms. The van der Waals surface area contributed by atoms with Crippen molar-refractivity contribution >= 4 is 12.0 Å². The molecule has 5 nitrogen and oxygen atoms in total. The van der Waals surface area contributed by atoms with Crippen LogP contribution >= 0.6 is 12.0 Å². The van der Waals surface area contributed by atoms with Crippen LogP contribution in [0.4, 0.5) is 17.6 Å². The minimum Gasteiger partial charge on any atom is -0.485 e. The molecule has 5 rings (SSSR count). The second kappa shape index (κ2) is 7.98. The van der Waals surface area contributed by atoms with Gasteiger partial charge in [-0.3, -0.25) is 0 Å². The zero-order valence-electron chi connectivity index (χ0n) is 14.9. The van der Waals surface area contributed by atoms with Crippen LogP contribution in [0.15, 0.2) is 4.90 Å². The van der Waals surface area contributed by atoms with Crippen LogP contribution < -0.4 is 4.74 Å². The van der Waals surface area contributed by atoms with Crippen LogP contribution in [0.3, 0.4) is 0 Å². The molecule has 0 aliphatic heterocycles. The van der Waals surface area contributed by atoms with Gasteiger partial charge in [-0.1, -0.05) is 5.04 Å². The Labute approximate surface area is 163 Å². The molecule has 156 valence electrons. The molecule has 1 N–H and O–H groups in total. The molecule has 0 heterocycles. The minimum absolute atomic E-state index is 0.0756. The lowest BCUT2D eigenvalue weighted by atomic mass is 9.54. The highest BCUT2D eigenvalue weighted by atomic mass is 32.2. The predicted octanol–water partition coefficient (Wildman–Crippen LogP) is 5.04. The van der Waals surface area contributed by atoms with Crippen molar-refractivity contribution in [1.82, 2.24) is 0 Å². The Morgan fingerprint density at radius 3 is 1.89 bits per heavy atom. The van der Waals surface area contributed by atoms with Gasteiger partial charge in [0.1, 0.15) is 11.5 Å². The van der Waals surface area contributed by atoms with E-state index < -0.39 is 33.9 Å². The van der Waals surface area contributed by atoms with Gasteiger partial charge in [-0.05, 0) is 56.3 Å². The van der Waals surface area contributed by atoms with Crippen LogP contribution in [-0.2, 0) is 14.1 Å². The van der Waals surface area contributed by atoms with Crippen LogP contribution in [0.1, 0.15) is 38.5 Å². The summed E-state index contributed by atoms with van der Waals surface area (Å²) >= 11 is -0.211. The van der Waals surface area contributed by atoms with E-state index in [2.05, 4.69) is 9.37 Å². The van der Waals surface area contributed by atoms with Crippen molar-refractivity contribution in [2.45, 2.75) is 49.0 Å². The Hall–Kier alpha value is -1.07. The number of rotatable bonds is 8. The number of benzene rings is 1. The van der Waals surface area contributed by atoms with Crippen LogP contribution in [0.5, 0.6) is 5.75 Å². The number of halogens is 4. The van der Waals surface area contributed by atoms with Crippen molar-refractivity contribution in [2.24, 2.45) is 17.8 Å². The molecule has 0 spiro atoms. The summed E-state index contributed by atoms with van der Waals surface area (Å²) in [5.74, 6) is -5.92. The van der Waals surface area contributed by atoms with Gasteiger partial charge in [-0.25, -0.2) is 14.0 Å². The molecule has 4 aliphatic carbocycles. The van der Waals surface area contributed by atoms with E-state index in [1.807, 2.05) is 0 Å². The number of ether oxygens (including phenoxy) is 2. The third-order valence-electron chi connectivity index (χ3n) is 6.05. The lowest BCUT2D eigenvalue weighted by molar-refractivity contribution is -0.432. The highest BCUT2D eigenvalue weighted by Crippen LogP contribution is 2.57. The Morgan fingerprint density at radius 2 is 1.39 bits per heavy atom. The van der Waals surface area contributed by atoms with Gasteiger partial charge < -0.3 is 9.47 Å². The zero-order valence-corrected chi connectivity index (χ0v) is 15.7. The summed E-state index contributed by atoms with van der Waals surface area (Å²) in [4.78, 5) is -1.14. The molecule has 1 aromatic rings. The maximum Gasteiger partial charge on any atom is 0.205 e. The SMILES string of the molecule is OOOSc1c(F)c(F)c(OCCOC23CC4CC(CC(C4)C2)C3)c(F)c1F. The van der Waals surface area contributed by atoms with Crippen LogP contribution in [-0.4, -0.2) is 24.1 Å². The topological polar surface area (TPSA) is 57.2 Å². The molecule has 4 fully saturated rings. The summed E-state index contributed by atoms with van der Waals surface area (Å²) in [6.45, 7) is -0.163. The molecule has 0 radical (unpaired) electrons. The Kier molecular flexibility index (Phi) is 5.76. The second-order valence-electron chi connectivity index (χ2n) is 7.94. The average molecular weight is 424 g/mol. The molecule has 4 aliphatic rings. The van der Waals surface area contributed by atoms with Crippen molar-refractivity contribution in [3.05, 3.63) is 23.3 Å². The first-order chi connectivity index (χ1) is 13.4. The quantitative estimate of drug-likeness (QED) is 0.158. The summed E-state index contributed by atoms with van der Waals surface area (Å²) in [6.07, 6.45) is 6.73. The number of hydrogen-bond acceptors (Lipinski definition) is 6.